The van der Waals surface area contributed by atoms with E-state index in [1.54, 1.807) is 6.92 Å². The van der Waals surface area contributed by atoms with Gasteiger partial charge in [-0.25, -0.2) is 8.88 Å². The maximum atomic E-state index is 10.9. The minimum Gasteiger partial charge on any atom is -0.481 e. The topological polar surface area (TPSA) is 130 Å². The van der Waals surface area contributed by atoms with Crippen LogP contribution in [0.15, 0.2) is 0 Å². The molecule has 0 aliphatic heterocycles. The summed E-state index contributed by atoms with van der Waals surface area (Å²) in [5.74, 6) is -1.21. The fraction of sp³-hybridized carbons (Fsp3) is 0.833. The molecule has 8 nitrogen and oxygen atoms in total. The van der Waals surface area contributed by atoms with E-state index < -0.39 is 22.0 Å². The Morgan fingerprint density at radius 3 is 2.56 bits per heavy atom. The van der Waals surface area contributed by atoms with Crippen molar-refractivity contribution in [1.82, 2.24) is 0 Å². The number of hydrogen-bond acceptors (Lipinski definition) is 5. The molecule has 2 unspecified atom stereocenters. The van der Waals surface area contributed by atoms with Crippen LogP contribution in [-0.4, -0.2) is 27.5 Å². The van der Waals surface area contributed by atoms with Crippen molar-refractivity contribution in [1.29, 1.82) is 0 Å². The first-order valence-corrected chi connectivity index (χ1v) is 7.10. The van der Waals surface area contributed by atoms with Crippen molar-refractivity contribution in [2.24, 2.45) is 5.92 Å². The lowest BCUT2D eigenvalue weighted by Crippen LogP contribution is -2.07. The van der Waals surface area contributed by atoms with E-state index in [0.717, 1.165) is 0 Å². The Bertz CT molecular complexity index is 303. The first kappa shape index (κ1) is 15.8. The highest BCUT2D eigenvalue weighted by Gasteiger charge is 2.23. The van der Waals surface area contributed by atoms with Crippen LogP contribution < -0.4 is 0 Å². The van der Waals surface area contributed by atoms with Gasteiger partial charge in [-0.3, -0.25) is 13.9 Å². The summed E-state index contributed by atoms with van der Waals surface area (Å²) >= 11 is 0. The highest BCUT2D eigenvalue weighted by atomic mass is 31.2. The molecule has 0 fully saturated rings. The number of phosphoric acid groups is 1. The number of phosphoric ester groups is 1. The number of rotatable bonds is 8. The summed E-state index contributed by atoms with van der Waals surface area (Å²) in [6.07, 6.45) is 0.142. The second-order valence-corrected chi connectivity index (χ2v) is 5.61. The number of carboxylic acid groups (broad SMARTS) is 1. The van der Waals surface area contributed by atoms with Crippen molar-refractivity contribution >= 4 is 22.0 Å². The Hall–Kier alpha value is -0.230. The average molecular weight is 276 g/mol. The van der Waals surface area contributed by atoms with Crippen LogP contribution in [0.4, 0.5) is 0 Å². The highest BCUT2D eigenvalue weighted by molar-refractivity contribution is 7.55. The minimum absolute atomic E-state index is 0.0868. The second kappa shape index (κ2) is 7.17. The van der Waals surface area contributed by atoms with Gasteiger partial charge in [0.15, 0.2) is 0 Å². The lowest BCUT2D eigenvalue weighted by Gasteiger charge is -2.12. The highest BCUT2D eigenvalue weighted by Crippen LogP contribution is 2.50. The zero-order chi connectivity index (χ0) is 12.8. The molecule has 0 rings (SSSR count). The summed E-state index contributed by atoms with van der Waals surface area (Å²) in [7, 11) is -8.05. The molecule has 10 heteroatoms. The smallest absolute Gasteiger partial charge is 0.479 e. The van der Waals surface area contributed by atoms with E-state index in [1.165, 1.54) is 0 Å². The zero-order valence-corrected chi connectivity index (χ0v) is 10.4. The molecule has 3 atom stereocenters. The van der Waals surface area contributed by atoms with E-state index in [0.29, 0.717) is 0 Å². The summed E-state index contributed by atoms with van der Waals surface area (Å²) < 4.78 is 29.1. The van der Waals surface area contributed by atoms with Crippen LogP contribution in [0.3, 0.4) is 0 Å². The van der Waals surface area contributed by atoms with Gasteiger partial charge in [-0.15, -0.1) is 0 Å². The Kier molecular flexibility index (Phi) is 7.06. The van der Waals surface area contributed by atoms with Gasteiger partial charge < -0.3 is 14.9 Å². The summed E-state index contributed by atoms with van der Waals surface area (Å²) in [6.45, 7) is 1.41. The molecule has 0 aromatic heterocycles. The molecule has 0 aliphatic carbocycles. The lowest BCUT2D eigenvalue weighted by atomic mass is 10.1. The van der Waals surface area contributed by atoms with Gasteiger partial charge in [0, 0.05) is 6.42 Å². The number of aliphatic carboxylic acids is 1. The van der Waals surface area contributed by atoms with E-state index in [4.69, 9.17) is 14.9 Å². The van der Waals surface area contributed by atoms with Crippen molar-refractivity contribution in [2.45, 2.75) is 19.8 Å². The molecule has 0 aromatic carbocycles. The van der Waals surface area contributed by atoms with Gasteiger partial charge in [0.2, 0.25) is 0 Å². The van der Waals surface area contributed by atoms with Crippen molar-refractivity contribution in [3.05, 3.63) is 0 Å². The van der Waals surface area contributed by atoms with Gasteiger partial charge in [-0.05, 0) is 12.3 Å². The second-order valence-electron chi connectivity index (χ2n) is 3.15. The Morgan fingerprint density at radius 1 is 1.56 bits per heavy atom. The molecule has 0 aliphatic rings. The summed E-state index contributed by atoms with van der Waals surface area (Å²) in [6, 6.07) is 0. The maximum Gasteiger partial charge on any atom is 0.479 e. The molecule has 0 saturated heterocycles. The summed E-state index contributed by atoms with van der Waals surface area (Å²) in [5, 5.41) is 8.42. The van der Waals surface area contributed by atoms with Crippen molar-refractivity contribution in [2.75, 3.05) is 6.61 Å². The Labute approximate surface area is 92.8 Å². The third kappa shape index (κ3) is 9.03. The molecule has 0 aromatic rings. The fourth-order valence-corrected chi connectivity index (χ4v) is 2.23. The average Bonchev–Trinajstić information content (AvgIpc) is 1.98. The van der Waals surface area contributed by atoms with Crippen molar-refractivity contribution in [3.8, 4) is 0 Å². The van der Waals surface area contributed by atoms with E-state index in [1.807, 2.05) is 0 Å². The monoisotopic (exact) mass is 276 g/mol. The predicted molar refractivity (Wildman–Crippen MR) is 54.1 cm³/mol. The number of carbonyl (C=O) groups is 1. The van der Waals surface area contributed by atoms with E-state index in [-0.39, 0.29) is 25.4 Å². The Morgan fingerprint density at radius 2 is 2.12 bits per heavy atom. The van der Waals surface area contributed by atoms with Crippen molar-refractivity contribution < 1.29 is 37.7 Å². The van der Waals surface area contributed by atoms with Gasteiger partial charge in [-0.1, -0.05) is 6.92 Å². The largest absolute Gasteiger partial charge is 0.481 e. The first-order chi connectivity index (χ1) is 7.23. The molecular formula is C6H14O8P2. The van der Waals surface area contributed by atoms with Crippen LogP contribution in [0, 0.1) is 5.92 Å². The van der Waals surface area contributed by atoms with Crippen LogP contribution >= 0.6 is 16.1 Å². The van der Waals surface area contributed by atoms with Gasteiger partial charge in [0.05, 0.1) is 6.61 Å². The lowest BCUT2D eigenvalue weighted by molar-refractivity contribution is -0.138. The van der Waals surface area contributed by atoms with Gasteiger partial charge >= 0.3 is 22.0 Å². The van der Waals surface area contributed by atoms with Gasteiger partial charge in [-0.2, -0.15) is 0 Å². The van der Waals surface area contributed by atoms with Crippen LogP contribution in [0.2, 0.25) is 0 Å². The van der Waals surface area contributed by atoms with Crippen LogP contribution in [0.5, 0.6) is 0 Å². The molecule has 3 N–H and O–H groups in total. The molecule has 0 spiro atoms. The van der Waals surface area contributed by atoms with E-state index in [9.17, 15) is 13.9 Å². The molecule has 0 radical (unpaired) electrons. The molecule has 0 saturated carbocycles. The van der Waals surface area contributed by atoms with E-state index >= 15 is 0 Å². The minimum atomic E-state index is -4.50. The predicted octanol–water partition coefficient (Wildman–Crippen LogP) is 1.00. The fourth-order valence-electron chi connectivity index (χ4n) is 0.894. The van der Waals surface area contributed by atoms with Gasteiger partial charge in [0.25, 0.3) is 0 Å². The molecular weight excluding hydrogens is 262 g/mol. The molecule has 16 heavy (non-hydrogen) atoms. The third-order valence-corrected chi connectivity index (χ3v) is 3.64. The quantitative estimate of drug-likeness (QED) is 0.559. The number of hydrogen-bond donors (Lipinski definition) is 3. The van der Waals surface area contributed by atoms with E-state index in [2.05, 4.69) is 8.83 Å². The third-order valence-electron chi connectivity index (χ3n) is 1.58. The molecule has 0 bridgehead atoms. The van der Waals surface area contributed by atoms with Crippen molar-refractivity contribution in [3.63, 3.8) is 0 Å². The number of carboxylic acids is 1. The van der Waals surface area contributed by atoms with Crippen LogP contribution in [-0.2, 0) is 22.8 Å². The SMILES string of the molecule is C[C@@H](CCOP(=O)(O)O[PH](=O)O)CC(=O)O. The van der Waals surface area contributed by atoms with Crippen LogP contribution in [0.1, 0.15) is 19.8 Å². The molecule has 0 amide bonds. The summed E-state index contributed by atoms with van der Waals surface area (Å²) in [5.41, 5.74) is 0. The van der Waals surface area contributed by atoms with Crippen LogP contribution in [0.25, 0.3) is 0 Å². The molecule has 0 heterocycles. The molecule has 96 valence electrons. The summed E-state index contributed by atoms with van der Waals surface area (Å²) in [4.78, 5) is 27.4. The standard InChI is InChI=1S/C6H14O8P2/c1-5(4-6(7)8)2-3-13-16(11,12)14-15(9)10/h5,15H,2-4H2,1H3,(H,7,8)(H,9,10)(H,11,12)/t5-/m0/s1. The zero-order valence-electron chi connectivity index (χ0n) is 8.53. The maximum absolute atomic E-state index is 10.9. The Balaban J connectivity index is 3.84. The normalized spacial score (nSPS) is 18.7. The van der Waals surface area contributed by atoms with Gasteiger partial charge in [0.1, 0.15) is 0 Å². The first-order valence-electron chi connectivity index (χ1n) is 4.34.